The minimum absolute atomic E-state index is 0.0949. The van der Waals surface area contributed by atoms with Crippen molar-refractivity contribution in [3.05, 3.63) is 65.9 Å². The van der Waals surface area contributed by atoms with Gasteiger partial charge in [0, 0.05) is 32.1 Å². The molecule has 4 aromatic rings. The van der Waals surface area contributed by atoms with Crippen LogP contribution in [-0.2, 0) is 17.5 Å². The van der Waals surface area contributed by atoms with Gasteiger partial charge in [0.1, 0.15) is 12.4 Å². The number of hydrogen-bond acceptors (Lipinski definition) is 7. The van der Waals surface area contributed by atoms with Crippen molar-refractivity contribution in [3.8, 4) is 22.6 Å². The average Bonchev–Trinajstić information content (AvgIpc) is 3.37. The van der Waals surface area contributed by atoms with E-state index in [1.165, 1.54) is 15.8 Å². The highest BCUT2D eigenvalue weighted by Gasteiger charge is 2.37. The van der Waals surface area contributed by atoms with Crippen LogP contribution in [0.25, 0.3) is 22.6 Å². The number of pyridine rings is 1. The van der Waals surface area contributed by atoms with E-state index in [1.807, 2.05) is 12.1 Å². The second-order valence-corrected chi connectivity index (χ2v) is 9.26. The van der Waals surface area contributed by atoms with E-state index in [-0.39, 0.29) is 18.4 Å². The molecule has 0 saturated heterocycles. The minimum atomic E-state index is -4.58. The number of nitrogens with zero attached hydrogens (tertiary/aromatic N) is 6. The lowest BCUT2D eigenvalue weighted by Crippen LogP contribution is -2.26. The first kappa shape index (κ1) is 24.5. The summed E-state index contributed by atoms with van der Waals surface area (Å²) in [5.41, 5.74) is 6.91. The van der Waals surface area contributed by atoms with E-state index in [0.29, 0.717) is 34.3 Å². The van der Waals surface area contributed by atoms with Crippen LogP contribution in [0.3, 0.4) is 0 Å². The largest absolute Gasteiger partial charge is 0.419 e. The first-order valence-corrected chi connectivity index (χ1v) is 11.6. The topological polar surface area (TPSA) is 116 Å². The van der Waals surface area contributed by atoms with E-state index in [4.69, 9.17) is 10.3 Å². The number of amides is 1. The molecule has 0 aliphatic heterocycles. The van der Waals surface area contributed by atoms with Crippen molar-refractivity contribution in [2.24, 2.45) is 5.92 Å². The van der Waals surface area contributed by atoms with Gasteiger partial charge >= 0.3 is 6.18 Å². The van der Waals surface area contributed by atoms with Crippen LogP contribution in [0.2, 0.25) is 0 Å². The van der Waals surface area contributed by atoms with Crippen molar-refractivity contribution in [3.63, 3.8) is 0 Å². The average molecular weight is 512 g/mol. The van der Waals surface area contributed by atoms with Gasteiger partial charge in [-0.3, -0.25) is 9.48 Å². The Kier molecular flexibility index (Phi) is 6.18. The third-order valence-corrected chi connectivity index (χ3v) is 6.32. The molecular weight excluding hydrogens is 487 g/mol. The molecule has 0 radical (unpaired) electrons. The molecule has 3 heterocycles. The van der Waals surface area contributed by atoms with Crippen molar-refractivity contribution < 1.29 is 22.5 Å². The second kappa shape index (κ2) is 9.34. The molecule has 3 aromatic heterocycles. The molecule has 1 aliphatic carbocycles. The zero-order valence-electron chi connectivity index (χ0n) is 20.1. The normalized spacial score (nSPS) is 14.5. The summed E-state index contributed by atoms with van der Waals surface area (Å²) in [5, 5.41) is 8.41. The Bertz CT molecular complexity index is 1420. The van der Waals surface area contributed by atoms with Crippen molar-refractivity contribution in [2.75, 3.05) is 19.8 Å². The number of halogens is 3. The number of nitrogens with two attached hydrogens (primary N) is 1. The molecule has 2 N–H and O–H groups in total. The first-order chi connectivity index (χ1) is 17.6. The van der Waals surface area contributed by atoms with Gasteiger partial charge in [-0.25, -0.2) is 4.98 Å². The monoisotopic (exact) mass is 511 g/mol. The number of aromatic nitrogens is 5. The molecule has 1 aliphatic rings. The molecule has 1 saturated carbocycles. The van der Waals surface area contributed by atoms with Crippen LogP contribution in [0.1, 0.15) is 35.7 Å². The van der Waals surface area contributed by atoms with Gasteiger partial charge in [-0.15, -0.1) is 0 Å². The van der Waals surface area contributed by atoms with Gasteiger partial charge in [0.2, 0.25) is 5.91 Å². The maximum atomic E-state index is 13.2. The van der Waals surface area contributed by atoms with E-state index >= 15 is 0 Å². The summed E-state index contributed by atoms with van der Waals surface area (Å²) >= 11 is 0. The molecular formula is C25H24F3N7O2. The molecule has 0 bridgehead atoms. The summed E-state index contributed by atoms with van der Waals surface area (Å²) < 4.78 is 46.8. The lowest BCUT2D eigenvalue weighted by atomic mass is 9.92. The van der Waals surface area contributed by atoms with Gasteiger partial charge in [0.25, 0.3) is 5.89 Å². The van der Waals surface area contributed by atoms with Crippen molar-refractivity contribution in [1.82, 2.24) is 29.8 Å². The zero-order chi connectivity index (χ0) is 26.3. The van der Waals surface area contributed by atoms with Gasteiger partial charge < -0.3 is 15.2 Å². The molecule has 37 heavy (non-hydrogen) atoms. The summed E-state index contributed by atoms with van der Waals surface area (Å²) in [5.74, 6) is 0.398. The van der Waals surface area contributed by atoms with Crippen molar-refractivity contribution in [2.45, 2.75) is 31.5 Å². The standard InChI is InChI=1S/C25H24F3N7O2/c1-34(2)20(36)13-35-12-18(11-31-35)24-32-23(33-37-24)21(16-7-8-16)15-5-3-14(4-6-15)17-9-19(25(26,27)28)22(29)30-10-17/h3-6,9-12,16,21H,7-8,13H2,1-2H3,(H2,29,30). The number of nitrogen functional groups attached to an aromatic ring is 1. The molecule has 1 atom stereocenters. The van der Waals surface area contributed by atoms with Crippen LogP contribution in [0.4, 0.5) is 19.0 Å². The van der Waals surface area contributed by atoms with Gasteiger partial charge in [0.05, 0.1) is 23.2 Å². The van der Waals surface area contributed by atoms with Crippen LogP contribution in [-0.4, -0.2) is 49.8 Å². The highest BCUT2D eigenvalue weighted by molar-refractivity contribution is 5.75. The van der Waals surface area contributed by atoms with Crippen molar-refractivity contribution >= 4 is 11.7 Å². The van der Waals surface area contributed by atoms with Gasteiger partial charge in [-0.05, 0) is 36.0 Å². The number of benzene rings is 1. The third-order valence-electron chi connectivity index (χ3n) is 6.32. The van der Waals surface area contributed by atoms with Crippen LogP contribution >= 0.6 is 0 Å². The van der Waals surface area contributed by atoms with Gasteiger partial charge in [-0.2, -0.15) is 23.3 Å². The Morgan fingerprint density at radius 1 is 1.16 bits per heavy atom. The number of carbonyl (C=O) groups excluding carboxylic acids is 1. The quantitative estimate of drug-likeness (QED) is 0.395. The predicted molar refractivity (Wildman–Crippen MR) is 128 cm³/mol. The molecule has 1 fully saturated rings. The van der Waals surface area contributed by atoms with Crippen LogP contribution in [0, 0.1) is 5.92 Å². The summed E-state index contributed by atoms with van der Waals surface area (Å²) in [7, 11) is 3.35. The van der Waals surface area contributed by atoms with Crippen LogP contribution < -0.4 is 5.73 Å². The molecule has 5 rings (SSSR count). The van der Waals surface area contributed by atoms with E-state index in [2.05, 4.69) is 20.2 Å². The molecule has 192 valence electrons. The van der Waals surface area contributed by atoms with E-state index in [9.17, 15) is 18.0 Å². The summed E-state index contributed by atoms with van der Waals surface area (Å²) in [6.07, 6.45) is 2.01. The fourth-order valence-corrected chi connectivity index (χ4v) is 4.12. The number of alkyl halides is 3. The van der Waals surface area contributed by atoms with Gasteiger partial charge in [-0.1, -0.05) is 29.4 Å². The Morgan fingerprint density at radius 3 is 2.54 bits per heavy atom. The van der Waals surface area contributed by atoms with Crippen LogP contribution in [0.5, 0.6) is 0 Å². The van der Waals surface area contributed by atoms with E-state index in [0.717, 1.165) is 24.5 Å². The molecule has 1 amide bonds. The SMILES string of the molecule is CN(C)C(=O)Cn1cc(-c2nc(C(c3ccc(-c4cnc(N)c(C(F)(F)F)c4)cc3)C3CC3)no2)cn1. The van der Waals surface area contributed by atoms with E-state index in [1.54, 1.807) is 38.6 Å². The van der Waals surface area contributed by atoms with Crippen molar-refractivity contribution in [1.29, 1.82) is 0 Å². The summed E-state index contributed by atoms with van der Waals surface area (Å²) in [6.45, 7) is 0.0963. The third kappa shape index (κ3) is 5.18. The number of hydrogen-bond donors (Lipinski definition) is 1. The fraction of sp³-hybridized carbons (Fsp3) is 0.320. The molecule has 0 spiro atoms. The number of rotatable bonds is 7. The fourth-order valence-electron chi connectivity index (χ4n) is 4.12. The molecule has 9 nitrogen and oxygen atoms in total. The Labute approximate surface area is 210 Å². The number of anilines is 1. The first-order valence-electron chi connectivity index (χ1n) is 11.6. The highest BCUT2D eigenvalue weighted by atomic mass is 19.4. The Balaban J connectivity index is 1.38. The maximum Gasteiger partial charge on any atom is 0.419 e. The zero-order valence-corrected chi connectivity index (χ0v) is 20.1. The van der Waals surface area contributed by atoms with E-state index < -0.39 is 17.6 Å². The summed E-state index contributed by atoms with van der Waals surface area (Å²) in [6, 6.07) is 8.24. The molecule has 1 aromatic carbocycles. The number of likely N-dealkylation sites (N-methyl/N-ethyl adjacent to an activating group) is 1. The maximum absolute atomic E-state index is 13.2. The molecule has 1 unspecified atom stereocenters. The Morgan fingerprint density at radius 2 is 1.89 bits per heavy atom. The predicted octanol–water partition coefficient (Wildman–Crippen LogP) is 4.23. The lowest BCUT2D eigenvalue weighted by molar-refractivity contribution is -0.137. The lowest BCUT2D eigenvalue weighted by Gasteiger charge is -2.14. The number of carbonyl (C=O) groups is 1. The Hall–Kier alpha value is -4.22. The smallest absolute Gasteiger partial charge is 0.383 e. The molecule has 12 heteroatoms. The van der Waals surface area contributed by atoms with Gasteiger partial charge in [0.15, 0.2) is 5.82 Å². The second-order valence-electron chi connectivity index (χ2n) is 9.26. The summed E-state index contributed by atoms with van der Waals surface area (Å²) in [4.78, 5) is 21.7. The highest BCUT2D eigenvalue weighted by Crippen LogP contribution is 2.46. The van der Waals surface area contributed by atoms with Crippen LogP contribution in [0.15, 0.2) is 53.4 Å². The minimum Gasteiger partial charge on any atom is -0.383 e.